The van der Waals surface area contributed by atoms with E-state index >= 15 is 0 Å². The van der Waals surface area contributed by atoms with Gasteiger partial charge in [-0.3, -0.25) is 0 Å². The number of ether oxygens (including phenoxy) is 1. The molecule has 0 aliphatic carbocycles. The summed E-state index contributed by atoms with van der Waals surface area (Å²) in [7, 11) is 0. The molecule has 0 bridgehead atoms. The number of rotatable bonds is 8. The Morgan fingerprint density at radius 1 is 1.17 bits per heavy atom. The predicted octanol–water partition coefficient (Wildman–Crippen LogP) is 4.04. The van der Waals surface area contributed by atoms with Crippen molar-refractivity contribution in [1.82, 2.24) is 14.9 Å². The molecule has 0 fully saturated rings. The molecule has 0 saturated heterocycles. The van der Waals surface area contributed by atoms with Gasteiger partial charge in [0.2, 0.25) is 0 Å². The summed E-state index contributed by atoms with van der Waals surface area (Å²) in [5.74, 6) is 1.74. The molecule has 0 radical (unpaired) electrons. The first-order valence-electron chi connectivity index (χ1n) is 7.95. The molecule has 0 spiro atoms. The summed E-state index contributed by atoms with van der Waals surface area (Å²) in [6.07, 6.45) is 2.53. The highest BCUT2D eigenvalue weighted by molar-refractivity contribution is 6.32. The Morgan fingerprint density at radius 2 is 1.96 bits per heavy atom. The predicted molar refractivity (Wildman–Crippen MR) is 98.6 cm³/mol. The highest BCUT2D eigenvalue weighted by Crippen LogP contribution is 2.23. The van der Waals surface area contributed by atoms with Crippen molar-refractivity contribution in [1.29, 1.82) is 0 Å². The van der Waals surface area contributed by atoms with Gasteiger partial charge in [0, 0.05) is 13.0 Å². The first-order chi connectivity index (χ1) is 11.8. The lowest BCUT2D eigenvalue weighted by Crippen LogP contribution is -2.16. The number of hydrogen-bond acceptors (Lipinski definition) is 3. The third-order valence-electron chi connectivity index (χ3n) is 3.78. The van der Waals surface area contributed by atoms with E-state index in [1.807, 2.05) is 42.5 Å². The molecule has 0 unspecified atom stereocenters. The lowest BCUT2D eigenvalue weighted by atomic mass is 10.3. The van der Waals surface area contributed by atoms with Crippen molar-refractivity contribution in [2.45, 2.75) is 13.0 Å². The third kappa shape index (κ3) is 3.71. The average Bonchev–Trinajstić information content (AvgIpc) is 2.95. The van der Waals surface area contributed by atoms with Gasteiger partial charge in [0.15, 0.2) is 0 Å². The van der Waals surface area contributed by atoms with Crippen molar-refractivity contribution in [3.63, 3.8) is 0 Å². The number of aromatic nitrogens is 2. The maximum Gasteiger partial charge on any atom is 0.137 e. The van der Waals surface area contributed by atoms with Crippen LogP contribution in [-0.4, -0.2) is 22.7 Å². The van der Waals surface area contributed by atoms with Crippen LogP contribution in [0, 0.1) is 0 Å². The van der Waals surface area contributed by atoms with E-state index in [-0.39, 0.29) is 0 Å². The molecular weight excluding hydrogens is 322 g/mol. The van der Waals surface area contributed by atoms with E-state index in [4.69, 9.17) is 21.3 Å². The molecule has 124 valence electrons. The quantitative estimate of drug-likeness (QED) is 0.628. The van der Waals surface area contributed by atoms with Gasteiger partial charge in [-0.15, -0.1) is 0 Å². The molecule has 5 heteroatoms. The molecule has 0 atom stereocenters. The van der Waals surface area contributed by atoms with Gasteiger partial charge in [-0.2, -0.15) is 0 Å². The van der Waals surface area contributed by atoms with E-state index in [0.29, 0.717) is 17.4 Å². The van der Waals surface area contributed by atoms with Crippen molar-refractivity contribution >= 4 is 22.6 Å². The Hall–Kier alpha value is -2.46. The van der Waals surface area contributed by atoms with Gasteiger partial charge in [0.1, 0.15) is 18.2 Å². The van der Waals surface area contributed by atoms with Gasteiger partial charge in [-0.05, 0) is 30.5 Å². The van der Waals surface area contributed by atoms with Gasteiger partial charge < -0.3 is 14.6 Å². The van der Waals surface area contributed by atoms with E-state index in [1.165, 1.54) is 0 Å². The first-order valence-corrected chi connectivity index (χ1v) is 8.33. The molecule has 1 heterocycles. The fraction of sp³-hybridized carbons (Fsp3) is 0.211. The van der Waals surface area contributed by atoms with Gasteiger partial charge >= 0.3 is 0 Å². The molecule has 24 heavy (non-hydrogen) atoms. The molecule has 0 aliphatic heterocycles. The Kier molecular flexibility index (Phi) is 5.39. The zero-order valence-electron chi connectivity index (χ0n) is 13.4. The fourth-order valence-corrected chi connectivity index (χ4v) is 2.85. The van der Waals surface area contributed by atoms with E-state index in [2.05, 4.69) is 22.5 Å². The minimum absolute atomic E-state index is 0.534. The summed E-state index contributed by atoms with van der Waals surface area (Å²) in [5.41, 5.74) is 2.12. The van der Waals surface area contributed by atoms with Crippen LogP contribution in [0.5, 0.6) is 5.75 Å². The summed E-state index contributed by atoms with van der Waals surface area (Å²) in [4.78, 5) is 4.73. The normalized spacial score (nSPS) is 10.7. The van der Waals surface area contributed by atoms with Crippen molar-refractivity contribution < 1.29 is 4.74 Å². The lowest BCUT2D eigenvalue weighted by molar-refractivity contribution is 0.298. The largest absolute Gasteiger partial charge is 0.490 e. The van der Waals surface area contributed by atoms with Crippen LogP contribution in [0.25, 0.3) is 11.0 Å². The fourth-order valence-electron chi connectivity index (χ4n) is 2.66. The zero-order valence-corrected chi connectivity index (χ0v) is 14.2. The standard InChI is InChI=1S/C19H20ClN3O/c1-2-21-12-11-19-22-16-8-4-5-9-17(16)23(19)13-14-24-18-10-6-3-7-15(18)20/h2-10,21H,1,11-14H2. The van der Waals surface area contributed by atoms with Gasteiger partial charge in [-0.25, -0.2) is 4.98 Å². The molecule has 1 aromatic heterocycles. The Morgan fingerprint density at radius 3 is 2.79 bits per heavy atom. The SMILES string of the molecule is C=CNCCc1nc2ccccc2n1CCOc1ccccc1Cl. The second kappa shape index (κ2) is 7.88. The van der Waals surface area contributed by atoms with Gasteiger partial charge in [0.25, 0.3) is 0 Å². The zero-order chi connectivity index (χ0) is 16.8. The summed E-state index contributed by atoms with van der Waals surface area (Å²) < 4.78 is 8.03. The highest BCUT2D eigenvalue weighted by atomic mass is 35.5. The number of nitrogens with one attached hydrogen (secondary N) is 1. The number of benzene rings is 2. The molecule has 0 saturated carbocycles. The average molecular weight is 342 g/mol. The second-order valence-corrected chi connectivity index (χ2v) is 5.76. The van der Waals surface area contributed by atoms with Crippen molar-refractivity contribution in [3.8, 4) is 5.75 Å². The number of imidazole rings is 1. The van der Waals surface area contributed by atoms with E-state index < -0.39 is 0 Å². The number of hydrogen-bond donors (Lipinski definition) is 1. The molecule has 0 aliphatic rings. The Bertz CT molecular complexity index is 828. The number of nitrogens with zero attached hydrogens (tertiary/aromatic N) is 2. The van der Waals surface area contributed by atoms with Crippen LogP contribution in [0.1, 0.15) is 5.82 Å². The highest BCUT2D eigenvalue weighted by Gasteiger charge is 2.10. The maximum absolute atomic E-state index is 6.13. The van der Waals surface area contributed by atoms with Crippen molar-refractivity contribution in [2.75, 3.05) is 13.2 Å². The maximum atomic E-state index is 6.13. The van der Waals surface area contributed by atoms with Crippen LogP contribution in [0.3, 0.4) is 0 Å². The number of fused-ring (bicyclic) bond motifs is 1. The van der Waals surface area contributed by atoms with Gasteiger partial charge in [-0.1, -0.05) is 42.4 Å². The first kappa shape index (κ1) is 16.4. The Balaban J connectivity index is 1.75. The van der Waals surface area contributed by atoms with E-state index in [1.54, 1.807) is 6.20 Å². The van der Waals surface area contributed by atoms with Gasteiger partial charge in [0.05, 0.1) is 22.6 Å². The molecule has 4 nitrogen and oxygen atoms in total. The number of para-hydroxylation sites is 3. The minimum atomic E-state index is 0.534. The van der Waals surface area contributed by atoms with E-state index in [0.717, 1.165) is 36.4 Å². The minimum Gasteiger partial charge on any atom is -0.490 e. The third-order valence-corrected chi connectivity index (χ3v) is 4.09. The lowest BCUT2D eigenvalue weighted by Gasteiger charge is -2.11. The summed E-state index contributed by atoms with van der Waals surface area (Å²) in [6, 6.07) is 15.7. The monoisotopic (exact) mass is 341 g/mol. The van der Waals surface area contributed by atoms with Crippen LogP contribution < -0.4 is 10.1 Å². The van der Waals surface area contributed by atoms with Crippen LogP contribution in [0.15, 0.2) is 61.3 Å². The summed E-state index contributed by atoms with van der Waals surface area (Å²) in [6.45, 7) is 5.73. The molecule has 1 N–H and O–H groups in total. The topological polar surface area (TPSA) is 39.1 Å². The summed E-state index contributed by atoms with van der Waals surface area (Å²) in [5, 5.41) is 3.75. The Labute approximate surface area is 146 Å². The molecule has 3 rings (SSSR count). The van der Waals surface area contributed by atoms with Crippen LogP contribution >= 0.6 is 11.6 Å². The number of halogens is 1. The molecular formula is C19H20ClN3O. The van der Waals surface area contributed by atoms with E-state index in [9.17, 15) is 0 Å². The second-order valence-electron chi connectivity index (χ2n) is 5.36. The van der Waals surface area contributed by atoms with Crippen LogP contribution in [0.2, 0.25) is 5.02 Å². The summed E-state index contributed by atoms with van der Waals surface area (Å²) >= 11 is 6.13. The molecule has 3 aromatic rings. The smallest absolute Gasteiger partial charge is 0.137 e. The van der Waals surface area contributed by atoms with Crippen molar-refractivity contribution in [2.24, 2.45) is 0 Å². The molecule has 0 amide bonds. The van der Waals surface area contributed by atoms with Crippen molar-refractivity contribution in [3.05, 3.63) is 72.2 Å². The molecule has 2 aromatic carbocycles. The van der Waals surface area contributed by atoms with Crippen LogP contribution in [0.4, 0.5) is 0 Å². The van der Waals surface area contributed by atoms with Crippen LogP contribution in [-0.2, 0) is 13.0 Å².